The van der Waals surface area contributed by atoms with Gasteiger partial charge in [-0.25, -0.2) is 9.59 Å². The quantitative estimate of drug-likeness (QED) is 0.290. The Balaban J connectivity index is -0.000000111. The molecule has 144 valence electrons. The molecule has 1 atom stereocenters. The molecule has 24 heavy (non-hydrogen) atoms. The summed E-state index contributed by atoms with van der Waals surface area (Å²) in [6.45, 7) is 11.3. The molecule has 0 amide bonds. The second kappa shape index (κ2) is 23.5. The van der Waals surface area contributed by atoms with Gasteiger partial charge in [-0.2, -0.15) is 0 Å². The van der Waals surface area contributed by atoms with E-state index in [0.29, 0.717) is 6.42 Å². The standard InChI is InChI=1S/C4H10O2.2C4H6O2.C4H10O2/c1-4(6)2-3-5;2*1-3(2)4(5)6;5-3-1-2-4-6/h4-6H,2-3H2,1H3;2*1H2,2H3,(H,5,6);5-6H,1-4H2. The fourth-order valence-electron chi connectivity index (χ4n) is 0.410. The molecule has 0 fully saturated rings. The van der Waals surface area contributed by atoms with E-state index in [9.17, 15) is 9.59 Å². The third-order valence-electron chi connectivity index (χ3n) is 1.84. The highest BCUT2D eigenvalue weighted by Crippen LogP contribution is 1.83. The summed E-state index contributed by atoms with van der Waals surface area (Å²) in [7, 11) is 0. The summed E-state index contributed by atoms with van der Waals surface area (Å²) in [5.74, 6) is -1.87. The van der Waals surface area contributed by atoms with E-state index in [4.69, 9.17) is 30.6 Å². The second-order valence-electron chi connectivity index (χ2n) is 4.69. The smallest absolute Gasteiger partial charge is 0.330 e. The normalized spacial score (nSPS) is 9.62. The van der Waals surface area contributed by atoms with Crippen molar-refractivity contribution >= 4 is 11.9 Å². The van der Waals surface area contributed by atoms with Crippen LogP contribution in [0.5, 0.6) is 0 Å². The van der Waals surface area contributed by atoms with Gasteiger partial charge in [0.1, 0.15) is 0 Å². The maximum absolute atomic E-state index is 9.60. The monoisotopic (exact) mass is 352 g/mol. The van der Waals surface area contributed by atoms with Gasteiger partial charge in [-0.05, 0) is 40.0 Å². The molecular formula is C16H32O8. The molecule has 8 nitrogen and oxygen atoms in total. The average molecular weight is 352 g/mol. The number of aliphatic carboxylic acids is 2. The predicted molar refractivity (Wildman–Crippen MR) is 91.7 cm³/mol. The van der Waals surface area contributed by atoms with Crippen LogP contribution in [0.25, 0.3) is 0 Å². The molecule has 0 bridgehead atoms. The van der Waals surface area contributed by atoms with Crippen molar-refractivity contribution in [2.24, 2.45) is 0 Å². The van der Waals surface area contributed by atoms with Crippen LogP contribution in [0.15, 0.2) is 24.3 Å². The number of aliphatic hydroxyl groups excluding tert-OH is 4. The van der Waals surface area contributed by atoms with E-state index >= 15 is 0 Å². The molecule has 0 aromatic heterocycles. The first-order chi connectivity index (χ1) is 11.0. The zero-order chi connectivity index (χ0) is 20.1. The summed E-state index contributed by atoms with van der Waals surface area (Å²) >= 11 is 0. The van der Waals surface area contributed by atoms with Crippen LogP contribution in [0, 0.1) is 0 Å². The van der Waals surface area contributed by atoms with Gasteiger partial charge in [-0.3, -0.25) is 0 Å². The molecule has 0 aliphatic carbocycles. The SMILES string of the molecule is C=C(C)C(=O)O.C=C(C)C(=O)O.CC(O)CCO.OCCCCO. The predicted octanol–water partition coefficient (Wildman–Crippen LogP) is 0.795. The molecule has 6 N–H and O–H groups in total. The van der Waals surface area contributed by atoms with Crippen molar-refractivity contribution in [2.45, 2.75) is 46.1 Å². The van der Waals surface area contributed by atoms with Gasteiger partial charge in [0.15, 0.2) is 0 Å². The lowest BCUT2D eigenvalue weighted by molar-refractivity contribution is -0.133. The zero-order valence-electron chi connectivity index (χ0n) is 14.7. The number of unbranched alkanes of at least 4 members (excludes halogenated alkanes) is 1. The van der Waals surface area contributed by atoms with Gasteiger partial charge in [0.05, 0.1) is 6.10 Å². The zero-order valence-corrected chi connectivity index (χ0v) is 14.7. The lowest BCUT2D eigenvalue weighted by Gasteiger charge is -1.95. The Morgan fingerprint density at radius 2 is 1.08 bits per heavy atom. The molecule has 8 heteroatoms. The summed E-state index contributed by atoms with van der Waals surface area (Å²) in [6.07, 6.45) is 1.57. The van der Waals surface area contributed by atoms with E-state index in [2.05, 4.69) is 13.2 Å². The molecule has 0 radical (unpaired) electrons. The van der Waals surface area contributed by atoms with Crippen LogP contribution in [0.3, 0.4) is 0 Å². The maximum Gasteiger partial charge on any atom is 0.330 e. The maximum atomic E-state index is 9.60. The van der Waals surface area contributed by atoms with Crippen LogP contribution in [-0.2, 0) is 9.59 Å². The summed E-state index contributed by atoms with van der Waals surface area (Å²) in [4.78, 5) is 19.2. The third-order valence-corrected chi connectivity index (χ3v) is 1.84. The number of aliphatic hydroxyl groups is 4. The second-order valence-corrected chi connectivity index (χ2v) is 4.69. The highest BCUT2D eigenvalue weighted by atomic mass is 16.4. The molecule has 0 spiro atoms. The van der Waals surface area contributed by atoms with E-state index in [1.165, 1.54) is 13.8 Å². The van der Waals surface area contributed by atoms with Gasteiger partial charge < -0.3 is 30.6 Å². The van der Waals surface area contributed by atoms with Crippen LogP contribution in [0.1, 0.15) is 40.0 Å². The van der Waals surface area contributed by atoms with Crippen molar-refractivity contribution < 1.29 is 40.2 Å². The summed E-state index contributed by atoms with van der Waals surface area (Å²) in [6, 6.07) is 0. The number of carboxylic acid groups (broad SMARTS) is 2. The van der Waals surface area contributed by atoms with Crippen molar-refractivity contribution in [3.05, 3.63) is 24.3 Å². The first-order valence-electron chi connectivity index (χ1n) is 7.26. The van der Waals surface area contributed by atoms with Gasteiger partial charge in [0.2, 0.25) is 0 Å². The molecule has 0 saturated heterocycles. The summed E-state index contributed by atoms with van der Waals surface area (Å²) < 4.78 is 0. The van der Waals surface area contributed by atoms with Gasteiger partial charge in [0.25, 0.3) is 0 Å². The van der Waals surface area contributed by atoms with Crippen LogP contribution >= 0.6 is 0 Å². The lowest BCUT2D eigenvalue weighted by atomic mass is 10.3. The topological polar surface area (TPSA) is 156 Å². The van der Waals surface area contributed by atoms with Crippen molar-refractivity contribution in [2.75, 3.05) is 19.8 Å². The van der Waals surface area contributed by atoms with E-state index < -0.39 is 11.9 Å². The largest absolute Gasteiger partial charge is 0.478 e. The molecule has 0 rings (SSSR count). The van der Waals surface area contributed by atoms with Crippen LogP contribution in [0.4, 0.5) is 0 Å². The van der Waals surface area contributed by atoms with Gasteiger partial charge in [-0.1, -0.05) is 13.2 Å². The van der Waals surface area contributed by atoms with Crippen molar-refractivity contribution in [3.63, 3.8) is 0 Å². The minimum absolute atomic E-state index is 0.0810. The molecular weight excluding hydrogens is 320 g/mol. The van der Waals surface area contributed by atoms with E-state index in [1.807, 2.05) is 0 Å². The molecule has 0 saturated carbocycles. The molecule has 0 heterocycles. The van der Waals surface area contributed by atoms with Gasteiger partial charge in [-0.15, -0.1) is 0 Å². The van der Waals surface area contributed by atoms with E-state index in [1.54, 1.807) is 6.92 Å². The summed E-state index contributed by atoms with van der Waals surface area (Å²) in [5.41, 5.74) is 0.352. The Bertz CT molecular complexity index is 285. The van der Waals surface area contributed by atoms with Crippen molar-refractivity contribution in [1.82, 2.24) is 0 Å². The fourth-order valence-corrected chi connectivity index (χ4v) is 0.410. The van der Waals surface area contributed by atoms with Gasteiger partial charge >= 0.3 is 11.9 Å². The Morgan fingerprint density at radius 3 is 1.12 bits per heavy atom. The molecule has 0 aromatic rings. The average Bonchev–Trinajstić information content (AvgIpc) is 2.46. The number of hydrogen-bond acceptors (Lipinski definition) is 6. The van der Waals surface area contributed by atoms with Crippen LogP contribution < -0.4 is 0 Å². The number of rotatable bonds is 7. The Hall–Kier alpha value is -1.74. The summed E-state index contributed by atoms with van der Waals surface area (Å²) in [5, 5.41) is 48.4. The van der Waals surface area contributed by atoms with Crippen molar-refractivity contribution in [3.8, 4) is 0 Å². The van der Waals surface area contributed by atoms with Crippen LogP contribution in [0.2, 0.25) is 0 Å². The highest BCUT2D eigenvalue weighted by molar-refractivity contribution is 5.85. The number of carbonyl (C=O) groups is 2. The van der Waals surface area contributed by atoms with E-state index in [0.717, 1.165) is 12.8 Å². The molecule has 0 aliphatic rings. The minimum atomic E-state index is -0.935. The minimum Gasteiger partial charge on any atom is -0.478 e. The highest BCUT2D eigenvalue weighted by Gasteiger charge is 1.90. The van der Waals surface area contributed by atoms with Crippen LogP contribution in [-0.4, -0.2) is 68.5 Å². The third kappa shape index (κ3) is 50.0. The van der Waals surface area contributed by atoms with E-state index in [-0.39, 0.29) is 37.1 Å². The van der Waals surface area contributed by atoms with Gasteiger partial charge in [0, 0.05) is 31.0 Å². The Labute approximate surface area is 143 Å². The van der Waals surface area contributed by atoms with Crippen molar-refractivity contribution in [1.29, 1.82) is 0 Å². The Kier molecular flexibility index (Phi) is 29.6. The molecule has 0 aliphatic heterocycles. The Morgan fingerprint density at radius 1 is 0.833 bits per heavy atom. The number of hydrogen-bond donors (Lipinski definition) is 6. The first kappa shape index (κ1) is 30.2. The molecule has 1 unspecified atom stereocenters. The fraction of sp³-hybridized carbons (Fsp3) is 0.625. The number of carboxylic acids is 2. The molecule has 0 aromatic carbocycles. The first-order valence-corrected chi connectivity index (χ1v) is 7.26. The lowest BCUT2D eigenvalue weighted by Crippen LogP contribution is -2.00.